The SMILES string of the molecule is COc1ccc(OCC(=O)N/N=C/c2cc3c(cc2OC)N(C)C(C)(C)CC3C)cc1. The van der Waals surface area contributed by atoms with E-state index in [2.05, 4.69) is 49.3 Å². The molecule has 0 spiro atoms. The number of fused-ring (bicyclic) bond motifs is 1. The van der Waals surface area contributed by atoms with Gasteiger partial charge in [-0.25, -0.2) is 5.43 Å². The zero-order valence-electron chi connectivity index (χ0n) is 19.1. The van der Waals surface area contributed by atoms with Crippen molar-refractivity contribution in [3.63, 3.8) is 0 Å². The van der Waals surface area contributed by atoms with Gasteiger partial charge in [0.2, 0.25) is 0 Å². The van der Waals surface area contributed by atoms with Gasteiger partial charge in [0.05, 0.1) is 20.4 Å². The topological polar surface area (TPSA) is 72.4 Å². The van der Waals surface area contributed by atoms with E-state index >= 15 is 0 Å². The molecule has 1 unspecified atom stereocenters. The van der Waals surface area contributed by atoms with Crippen LogP contribution in [0.3, 0.4) is 0 Å². The summed E-state index contributed by atoms with van der Waals surface area (Å²) in [6, 6.07) is 11.2. The van der Waals surface area contributed by atoms with Crippen LogP contribution in [0.2, 0.25) is 0 Å². The number of carbonyl (C=O) groups is 1. The van der Waals surface area contributed by atoms with Crippen molar-refractivity contribution < 1.29 is 19.0 Å². The maximum Gasteiger partial charge on any atom is 0.277 e. The highest BCUT2D eigenvalue weighted by molar-refractivity contribution is 5.87. The Hall–Kier alpha value is -3.22. The highest BCUT2D eigenvalue weighted by atomic mass is 16.5. The lowest BCUT2D eigenvalue weighted by Crippen LogP contribution is -2.45. The van der Waals surface area contributed by atoms with Crippen molar-refractivity contribution in [3.05, 3.63) is 47.5 Å². The van der Waals surface area contributed by atoms with E-state index in [0.29, 0.717) is 17.4 Å². The molecule has 1 aliphatic rings. The summed E-state index contributed by atoms with van der Waals surface area (Å²) in [5.74, 6) is 2.08. The van der Waals surface area contributed by atoms with Crippen molar-refractivity contribution in [2.75, 3.05) is 32.8 Å². The van der Waals surface area contributed by atoms with Crippen LogP contribution in [-0.4, -0.2) is 45.5 Å². The second kappa shape index (κ2) is 9.29. The number of benzene rings is 2. The van der Waals surface area contributed by atoms with E-state index in [0.717, 1.165) is 23.4 Å². The summed E-state index contributed by atoms with van der Waals surface area (Å²) in [7, 11) is 5.34. The van der Waals surface area contributed by atoms with E-state index in [-0.39, 0.29) is 18.1 Å². The summed E-state index contributed by atoms with van der Waals surface area (Å²) in [4.78, 5) is 14.4. The Morgan fingerprint density at radius 1 is 1.19 bits per heavy atom. The molecule has 0 fully saturated rings. The first-order valence-electron chi connectivity index (χ1n) is 10.3. The van der Waals surface area contributed by atoms with Crippen LogP contribution < -0.4 is 24.5 Å². The molecule has 1 amide bonds. The summed E-state index contributed by atoms with van der Waals surface area (Å²) < 4.78 is 16.1. The molecule has 7 heteroatoms. The van der Waals surface area contributed by atoms with Gasteiger partial charge in [0.1, 0.15) is 17.2 Å². The van der Waals surface area contributed by atoms with Crippen LogP contribution in [0.1, 0.15) is 44.2 Å². The van der Waals surface area contributed by atoms with Gasteiger partial charge >= 0.3 is 0 Å². The van der Waals surface area contributed by atoms with E-state index in [4.69, 9.17) is 14.2 Å². The van der Waals surface area contributed by atoms with Crippen molar-refractivity contribution in [2.24, 2.45) is 5.10 Å². The molecule has 0 radical (unpaired) electrons. The van der Waals surface area contributed by atoms with Crippen molar-refractivity contribution in [1.29, 1.82) is 0 Å². The highest BCUT2D eigenvalue weighted by Crippen LogP contribution is 2.44. The highest BCUT2D eigenvalue weighted by Gasteiger charge is 2.34. The van der Waals surface area contributed by atoms with Crippen LogP contribution in [0, 0.1) is 0 Å². The van der Waals surface area contributed by atoms with Crippen LogP contribution in [0.4, 0.5) is 5.69 Å². The zero-order valence-corrected chi connectivity index (χ0v) is 19.1. The zero-order chi connectivity index (χ0) is 22.6. The number of hydrazone groups is 1. The lowest BCUT2D eigenvalue weighted by molar-refractivity contribution is -0.123. The minimum atomic E-state index is -0.348. The molecule has 2 aromatic carbocycles. The fourth-order valence-electron chi connectivity index (χ4n) is 3.92. The average Bonchev–Trinajstić information content (AvgIpc) is 2.76. The molecule has 1 atom stereocenters. The maximum atomic E-state index is 12.1. The number of hydrogen-bond donors (Lipinski definition) is 1. The quantitative estimate of drug-likeness (QED) is 0.537. The second-order valence-corrected chi connectivity index (χ2v) is 8.39. The van der Waals surface area contributed by atoms with Gasteiger partial charge in [-0.15, -0.1) is 0 Å². The lowest BCUT2D eigenvalue weighted by atomic mass is 9.80. The third-order valence-electron chi connectivity index (χ3n) is 5.81. The second-order valence-electron chi connectivity index (χ2n) is 8.39. The minimum absolute atomic E-state index is 0.0743. The van der Waals surface area contributed by atoms with Gasteiger partial charge in [0, 0.05) is 29.9 Å². The van der Waals surface area contributed by atoms with Gasteiger partial charge < -0.3 is 19.1 Å². The van der Waals surface area contributed by atoms with Crippen molar-refractivity contribution in [3.8, 4) is 17.2 Å². The number of anilines is 1. The van der Waals surface area contributed by atoms with Gasteiger partial charge in [-0.1, -0.05) is 6.92 Å². The molecule has 2 aromatic rings. The predicted octanol–water partition coefficient (Wildman–Crippen LogP) is 3.95. The third-order valence-corrected chi connectivity index (χ3v) is 5.81. The molecule has 31 heavy (non-hydrogen) atoms. The lowest BCUT2D eigenvalue weighted by Gasteiger charge is -2.45. The van der Waals surface area contributed by atoms with Crippen LogP contribution in [0.25, 0.3) is 0 Å². The van der Waals surface area contributed by atoms with Crippen LogP contribution in [0.15, 0.2) is 41.5 Å². The normalized spacial score (nSPS) is 17.2. The number of ether oxygens (including phenoxy) is 3. The van der Waals surface area contributed by atoms with E-state index in [1.807, 2.05) is 6.07 Å². The van der Waals surface area contributed by atoms with Crippen molar-refractivity contribution >= 4 is 17.8 Å². The number of nitrogens with one attached hydrogen (secondary N) is 1. The van der Waals surface area contributed by atoms with Gasteiger partial charge in [-0.05, 0) is 62.1 Å². The Labute approximate surface area is 184 Å². The standard InChI is InChI=1S/C24H31N3O4/c1-16-13-24(2,3)27(4)21-12-22(30-6)17(11-20(16)21)14-25-26-23(28)15-31-19-9-7-18(29-5)8-10-19/h7-12,14,16H,13,15H2,1-6H3,(H,26,28)/b25-14+. The molecule has 3 rings (SSSR count). The predicted molar refractivity (Wildman–Crippen MR) is 123 cm³/mol. The van der Waals surface area contributed by atoms with Gasteiger partial charge in [-0.2, -0.15) is 5.10 Å². The van der Waals surface area contributed by atoms with Crippen LogP contribution >= 0.6 is 0 Å². The molecule has 1 aliphatic heterocycles. The fourth-order valence-corrected chi connectivity index (χ4v) is 3.92. The first-order chi connectivity index (χ1) is 14.7. The van der Waals surface area contributed by atoms with E-state index in [1.165, 1.54) is 5.56 Å². The van der Waals surface area contributed by atoms with E-state index in [1.54, 1.807) is 44.7 Å². The molecule has 0 aromatic heterocycles. The van der Waals surface area contributed by atoms with Gasteiger partial charge in [-0.3, -0.25) is 4.79 Å². The summed E-state index contributed by atoms with van der Waals surface area (Å²) >= 11 is 0. The van der Waals surface area contributed by atoms with E-state index in [9.17, 15) is 4.79 Å². The first-order valence-corrected chi connectivity index (χ1v) is 10.3. The number of carbonyl (C=O) groups excluding carboxylic acids is 1. The number of hydrogen-bond acceptors (Lipinski definition) is 6. The summed E-state index contributed by atoms with van der Waals surface area (Å²) in [6.45, 7) is 6.59. The summed E-state index contributed by atoms with van der Waals surface area (Å²) in [5, 5.41) is 4.09. The van der Waals surface area contributed by atoms with Crippen LogP contribution in [0.5, 0.6) is 17.2 Å². The van der Waals surface area contributed by atoms with Gasteiger partial charge in [0.15, 0.2) is 6.61 Å². The third kappa shape index (κ3) is 5.10. The van der Waals surface area contributed by atoms with Crippen LogP contribution in [-0.2, 0) is 4.79 Å². The Balaban J connectivity index is 1.66. The van der Waals surface area contributed by atoms with Crippen molar-refractivity contribution in [1.82, 2.24) is 5.43 Å². The van der Waals surface area contributed by atoms with E-state index < -0.39 is 0 Å². The molecule has 0 saturated heterocycles. The Morgan fingerprint density at radius 3 is 2.52 bits per heavy atom. The number of rotatable bonds is 7. The average molecular weight is 426 g/mol. The molecule has 0 aliphatic carbocycles. The number of methoxy groups -OCH3 is 2. The number of nitrogens with zero attached hydrogens (tertiary/aromatic N) is 2. The largest absolute Gasteiger partial charge is 0.497 e. The molecule has 7 nitrogen and oxygen atoms in total. The maximum absolute atomic E-state index is 12.1. The first kappa shape index (κ1) is 22.5. The molecule has 0 saturated carbocycles. The molecule has 1 heterocycles. The number of amides is 1. The fraction of sp³-hybridized carbons (Fsp3) is 0.417. The minimum Gasteiger partial charge on any atom is -0.497 e. The molecule has 166 valence electrons. The summed E-state index contributed by atoms with van der Waals surface area (Å²) in [5.41, 5.74) is 5.80. The summed E-state index contributed by atoms with van der Waals surface area (Å²) in [6.07, 6.45) is 2.66. The Morgan fingerprint density at radius 2 is 1.87 bits per heavy atom. The van der Waals surface area contributed by atoms with Gasteiger partial charge in [0.25, 0.3) is 5.91 Å². The molecule has 0 bridgehead atoms. The molecule has 1 N–H and O–H groups in total. The van der Waals surface area contributed by atoms with Crippen molar-refractivity contribution in [2.45, 2.75) is 38.6 Å². The Kier molecular flexibility index (Phi) is 6.73. The molecular formula is C24H31N3O4. The smallest absolute Gasteiger partial charge is 0.277 e. The monoisotopic (exact) mass is 425 g/mol. The molecular weight excluding hydrogens is 394 g/mol. The Bertz CT molecular complexity index is 954.